The first-order valence-corrected chi connectivity index (χ1v) is 15.8. The molecule has 242 valence electrons. The highest BCUT2D eigenvalue weighted by Gasteiger charge is 2.39. The second kappa shape index (κ2) is 13.2. The number of aromatic nitrogens is 3. The molecule has 3 aromatic carbocycles. The van der Waals surface area contributed by atoms with E-state index in [-0.39, 0.29) is 56.4 Å². The van der Waals surface area contributed by atoms with Crippen molar-refractivity contribution in [3.8, 4) is 28.6 Å². The van der Waals surface area contributed by atoms with Crippen LogP contribution in [-0.2, 0) is 27.4 Å². The molecular weight excluding hydrogens is 600 g/mol. The third-order valence-electron chi connectivity index (χ3n) is 8.77. The van der Waals surface area contributed by atoms with Crippen LogP contribution in [0.1, 0.15) is 40.7 Å². The van der Waals surface area contributed by atoms with Crippen LogP contribution in [0.25, 0.3) is 11.4 Å². The van der Waals surface area contributed by atoms with Gasteiger partial charge >= 0.3 is 0 Å². The van der Waals surface area contributed by atoms with Crippen LogP contribution in [0.3, 0.4) is 0 Å². The quantitative estimate of drug-likeness (QED) is 0.346. The molecule has 2 atom stereocenters. The number of nitrogens with one attached hydrogen (secondary N) is 2. The topological polar surface area (TPSA) is 139 Å². The lowest BCUT2D eigenvalue weighted by Crippen LogP contribution is -2.49. The minimum Gasteiger partial charge on any atom is -0.493 e. The number of H-pyrrole nitrogens is 1. The standard InChI is InChI=1S/C35H36N6O6/c1-45-30-15-22-8-12-29(30)47-27-7-2-4-23(14-27)20-46-31-18-40(35(44)25-6-3-5-24(16-25)34-36-21-37-39-34)17-28(31)38-32(42)19-41(26-10-11-26)33(43)13-9-22/h2-8,12,14-16,21,26,28,31H,9-11,13,17-20H2,1H3,(H,38,42)(H,36,37,39)/t28-,31-/m0/s1. The molecule has 3 amide bonds. The summed E-state index contributed by atoms with van der Waals surface area (Å²) in [5.41, 5.74) is 3.04. The summed E-state index contributed by atoms with van der Waals surface area (Å²) in [7, 11) is 1.59. The van der Waals surface area contributed by atoms with Crippen LogP contribution in [-0.4, -0.2) is 87.6 Å². The number of hydrogen-bond donors (Lipinski definition) is 2. The Morgan fingerprint density at radius 1 is 0.979 bits per heavy atom. The molecule has 8 rings (SSSR count). The van der Waals surface area contributed by atoms with Crippen molar-refractivity contribution in [2.24, 2.45) is 0 Å². The fraction of sp³-hybridized carbons (Fsp3) is 0.343. The average molecular weight is 637 g/mol. The van der Waals surface area contributed by atoms with Gasteiger partial charge in [0.25, 0.3) is 5.91 Å². The van der Waals surface area contributed by atoms with E-state index in [1.54, 1.807) is 35.1 Å². The van der Waals surface area contributed by atoms with Crippen LogP contribution in [0.15, 0.2) is 73.1 Å². The molecule has 12 heteroatoms. The number of nitrogens with zero attached hydrogens (tertiary/aromatic N) is 4. The van der Waals surface area contributed by atoms with Crippen molar-refractivity contribution in [3.63, 3.8) is 0 Å². The van der Waals surface area contributed by atoms with Crippen molar-refractivity contribution >= 4 is 17.7 Å². The maximum Gasteiger partial charge on any atom is 0.254 e. The van der Waals surface area contributed by atoms with Gasteiger partial charge in [0.15, 0.2) is 17.3 Å². The Balaban J connectivity index is 1.15. The molecule has 1 aromatic heterocycles. The largest absolute Gasteiger partial charge is 0.493 e. The number of aromatic amines is 1. The van der Waals surface area contributed by atoms with E-state index in [9.17, 15) is 14.4 Å². The highest BCUT2D eigenvalue weighted by atomic mass is 16.5. The number of carbonyl (C=O) groups is 3. The van der Waals surface area contributed by atoms with Crippen LogP contribution in [0, 0.1) is 0 Å². The number of hydrogen-bond acceptors (Lipinski definition) is 8. The number of fused-ring (bicyclic) bond motifs is 9. The van der Waals surface area contributed by atoms with E-state index in [0.717, 1.165) is 29.5 Å². The normalized spacial score (nSPS) is 20.4. The lowest BCUT2D eigenvalue weighted by atomic mass is 10.1. The van der Waals surface area contributed by atoms with Crippen molar-refractivity contribution in [1.82, 2.24) is 30.3 Å². The zero-order valence-electron chi connectivity index (χ0n) is 26.1. The summed E-state index contributed by atoms with van der Waals surface area (Å²) in [6.07, 6.45) is 3.46. The Bertz CT molecular complexity index is 1770. The maximum absolute atomic E-state index is 13.7. The molecule has 1 aliphatic carbocycles. The predicted molar refractivity (Wildman–Crippen MR) is 171 cm³/mol. The summed E-state index contributed by atoms with van der Waals surface area (Å²) in [5.74, 6) is 1.78. The summed E-state index contributed by atoms with van der Waals surface area (Å²) in [6, 6.07) is 20.0. The molecule has 0 radical (unpaired) electrons. The summed E-state index contributed by atoms with van der Waals surface area (Å²) in [4.78, 5) is 48.2. The first kappa shape index (κ1) is 30.4. The van der Waals surface area contributed by atoms with Crippen LogP contribution in [0.2, 0.25) is 0 Å². The minimum absolute atomic E-state index is 0.0436. The van der Waals surface area contributed by atoms with Crippen LogP contribution in [0.4, 0.5) is 0 Å². The van der Waals surface area contributed by atoms with Crippen LogP contribution >= 0.6 is 0 Å². The third-order valence-corrected chi connectivity index (χ3v) is 8.77. The number of amides is 3. The molecule has 0 unspecified atom stereocenters. The smallest absolute Gasteiger partial charge is 0.254 e. The summed E-state index contributed by atoms with van der Waals surface area (Å²) >= 11 is 0. The molecule has 3 aliphatic heterocycles. The van der Waals surface area contributed by atoms with Crippen LogP contribution < -0.4 is 14.8 Å². The van der Waals surface area contributed by atoms with E-state index in [2.05, 4.69) is 20.5 Å². The molecule has 2 N–H and O–H groups in total. The van der Waals surface area contributed by atoms with E-state index in [1.807, 2.05) is 48.5 Å². The Labute approximate surface area is 272 Å². The zero-order chi connectivity index (χ0) is 32.3. The second-order valence-corrected chi connectivity index (χ2v) is 12.1. The van der Waals surface area contributed by atoms with E-state index in [1.165, 1.54) is 6.33 Å². The highest BCUT2D eigenvalue weighted by molar-refractivity contribution is 5.95. The van der Waals surface area contributed by atoms with Gasteiger partial charge in [-0.15, -0.1) is 0 Å². The summed E-state index contributed by atoms with van der Waals surface area (Å²) in [6.45, 7) is 0.731. The van der Waals surface area contributed by atoms with Gasteiger partial charge in [-0.05, 0) is 66.8 Å². The summed E-state index contributed by atoms with van der Waals surface area (Å²) in [5, 5.41) is 9.83. The van der Waals surface area contributed by atoms with Gasteiger partial charge < -0.3 is 29.3 Å². The number of ether oxygens (including phenoxy) is 3. The van der Waals surface area contributed by atoms with Gasteiger partial charge in [0.2, 0.25) is 11.8 Å². The van der Waals surface area contributed by atoms with Gasteiger partial charge in [-0.25, -0.2) is 4.98 Å². The Kier molecular flexibility index (Phi) is 8.58. The molecule has 4 aliphatic rings. The predicted octanol–water partition coefficient (Wildman–Crippen LogP) is 3.74. The van der Waals surface area contributed by atoms with E-state index >= 15 is 0 Å². The number of rotatable bonds is 4. The molecule has 0 spiro atoms. The second-order valence-electron chi connectivity index (χ2n) is 12.1. The number of benzene rings is 3. The van der Waals surface area contributed by atoms with Gasteiger partial charge in [0.05, 0.1) is 32.4 Å². The first-order chi connectivity index (χ1) is 22.9. The third kappa shape index (κ3) is 6.97. The molecule has 4 heterocycles. The molecule has 1 saturated heterocycles. The molecule has 2 fully saturated rings. The Hall–Kier alpha value is -5.23. The van der Waals surface area contributed by atoms with Crippen molar-refractivity contribution in [2.75, 3.05) is 26.7 Å². The monoisotopic (exact) mass is 636 g/mol. The number of likely N-dealkylation sites (tertiary alicyclic amines) is 1. The lowest BCUT2D eigenvalue weighted by Gasteiger charge is -2.25. The molecule has 4 aromatic rings. The maximum atomic E-state index is 13.7. The van der Waals surface area contributed by atoms with Crippen LogP contribution in [0.5, 0.6) is 17.2 Å². The Morgan fingerprint density at radius 2 is 1.85 bits per heavy atom. The average Bonchev–Trinajstić information content (AvgIpc) is 3.62. The van der Waals surface area contributed by atoms with E-state index in [4.69, 9.17) is 14.2 Å². The van der Waals surface area contributed by atoms with Gasteiger partial charge in [0, 0.05) is 36.7 Å². The van der Waals surface area contributed by atoms with Crippen molar-refractivity contribution < 1.29 is 28.6 Å². The minimum atomic E-state index is -0.482. The first-order valence-electron chi connectivity index (χ1n) is 15.8. The molecule has 1 saturated carbocycles. The number of aryl methyl sites for hydroxylation is 1. The lowest BCUT2D eigenvalue weighted by molar-refractivity contribution is -0.137. The molecule has 4 bridgehead atoms. The van der Waals surface area contributed by atoms with E-state index < -0.39 is 12.1 Å². The highest BCUT2D eigenvalue weighted by Crippen LogP contribution is 2.34. The van der Waals surface area contributed by atoms with Crippen molar-refractivity contribution in [2.45, 2.75) is 50.5 Å². The zero-order valence-corrected chi connectivity index (χ0v) is 26.1. The van der Waals surface area contributed by atoms with Gasteiger partial charge in [-0.2, -0.15) is 5.10 Å². The molecular formula is C35H36N6O6. The molecule has 12 nitrogen and oxygen atoms in total. The van der Waals surface area contributed by atoms with Gasteiger partial charge in [0.1, 0.15) is 12.1 Å². The number of methoxy groups -OCH3 is 1. The Morgan fingerprint density at radius 3 is 2.66 bits per heavy atom. The number of carbonyl (C=O) groups excluding carboxylic acids is 3. The fourth-order valence-corrected chi connectivity index (χ4v) is 6.16. The van der Waals surface area contributed by atoms with Crippen molar-refractivity contribution in [1.29, 1.82) is 0 Å². The van der Waals surface area contributed by atoms with E-state index in [0.29, 0.717) is 35.1 Å². The van der Waals surface area contributed by atoms with Gasteiger partial charge in [-0.1, -0.05) is 30.3 Å². The van der Waals surface area contributed by atoms with Gasteiger partial charge in [-0.3, -0.25) is 19.5 Å². The molecule has 47 heavy (non-hydrogen) atoms. The SMILES string of the molecule is COc1cc2ccc1Oc1cccc(c1)CO[C@H]1CN(C(=O)c3cccc(-c4ncn[nH]4)c3)C[C@@H]1NC(=O)CN(C1CC1)C(=O)CC2. The van der Waals surface area contributed by atoms with Crippen molar-refractivity contribution in [3.05, 3.63) is 89.7 Å². The summed E-state index contributed by atoms with van der Waals surface area (Å²) < 4.78 is 18.2. The fourth-order valence-electron chi connectivity index (χ4n) is 6.16.